The van der Waals surface area contributed by atoms with Crippen LogP contribution in [0.15, 0.2) is 16.8 Å². The second-order valence-corrected chi connectivity index (χ2v) is 6.59. The first kappa shape index (κ1) is 16.5. The van der Waals surface area contributed by atoms with E-state index in [9.17, 15) is 4.79 Å². The molecule has 1 N–H and O–H groups in total. The fraction of sp³-hybridized carbons (Fsp3) is 0.625. The van der Waals surface area contributed by atoms with E-state index in [4.69, 9.17) is 4.52 Å². The Hall–Kier alpha value is -2.38. The smallest absolute Gasteiger partial charge is 0.323 e. The fourth-order valence-corrected chi connectivity index (χ4v) is 2.98. The number of carbonyl (C=O) groups is 1. The Morgan fingerprint density at radius 3 is 3.00 bits per heavy atom. The lowest BCUT2D eigenvalue weighted by atomic mass is 9.95. The minimum Gasteiger partial charge on any atom is -0.340 e. The second-order valence-electron chi connectivity index (χ2n) is 6.59. The van der Waals surface area contributed by atoms with E-state index in [2.05, 4.69) is 20.6 Å². The third kappa shape index (κ3) is 3.93. The second kappa shape index (κ2) is 7.02. The van der Waals surface area contributed by atoms with Gasteiger partial charge >= 0.3 is 6.03 Å². The third-order valence-corrected chi connectivity index (χ3v) is 4.22. The van der Waals surface area contributed by atoms with E-state index in [0.29, 0.717) is 24.2 Å². The molecule has 2 amide bonds. The van der Waals surface area contributed by atoms with Crippen molar-refractivity contribution in [2.75, 3.05) is 18.4 Å². The van der Waals surface area contributed by atoms with Gasteiger partial charge in [-0.15, -0.1) is 0 Å². The van der Waals surface area contributed by atoms with Crippen molar-refractivity contribution in [3.63, 3.8) is 0 Å². The molecule has 1 aliphatic heterocycles. The molecular formula is C16H24N6O2. The molecule has 1 fully saturated rings. The minimum atomic E-state index is -0.0991. The molecular weight excluding hydrogens is 308 g/mol. The predicted octanol–water partition coefficient (Wildman–Crippen LogP) is 2.64. The lowest BCUT2D eigenvalue weighted by Crippen LogP contribution is -2.43. The summed E-state index contributed by atoms with van der Waals surface area (Å²) in [7, 11) is 0. The summed E-state index contributed by atoms with van der Waals surface area (Å²) >= 11 is 0. The number of carbonyl (C=O) groups excluding carboxylic acids is 1. The molecule has 0 spiro atoms. The first-order chi connectivity index (χ1) is 11.5. The quantitative estimate of drug-likeness (QED) is 0.929. The number of hydrogen-bond acceptors (Lipinski definition) is 5. The average Bonchev–Trinajstić information content (AvgIpc) is 3.17. The van der Waals surface area contributed by atoms with Gasteiger partial charge in [-0.1, -0.05) is 5.16 Å². The third-order valence-electron chi connectivity index (χ3n) is 4.22. The van der Waals surface area contributed by atoms with E-state index in [1.165, 1.54) is 0 Å². The van der Waals surface area contributed by atoms with E-state index in [1.54, 1.807) is 6.92 Å². The van der Waals surface area contributed by atoms with E-state index in [0.717, 1.165) is 31.6 Å². The molecule has 130 valence electrons. The van der Waals surface area contributed by atoms with Crippen LogP contribution in [-0.4, -0.2) is 43.9 Å². The number of likely N-dealkylation sites (tertiary alicyclic amines) is 1. The molecule has 2 aromatic rings. The van der Waals surface area contributed by atoms with Gasteiger partial charge in [0, 0.05) is 44.7 Å². The summed E-state index contributed by atoms with van der Waals surface area (Å²) in [6.45, 7) is 7.34. The maximum Gasteiger partial charge on any atom is 0.323 e. The molecule has 1 unspecified atom stereocenters. The van der Waals surface area contributed by atoms with Crippen molar-refractivity contribution in [2.45, 2.75) is 46.1 Å². The zero-order valence-corrected chi connectivity index (χ0v) is 14.4. The molecule has 1 aliphatic rings. The van der Waals surface area contributed by atoms with E-state index < -0.39 is 0 Å². The summed E-state index contributed by atoms with van der Waals surface area (Å²) in [4.78, 5) is 18.6. The van der Waals surface area contributed by atoms with Gasteiger partial charge in [-0.3, -0.25) is 10.00 Å². The maximum atomic E-state index is 12.5. The summed E-state index contributed by atoms with van der Waals surface area (Å²) in [5.74, 6) is 2.24. The lowest BCUT2D eigenvalue weighted by Gasteiger charge is -2.32. The van der Waals surface area contributed by atoms with Crippen LogP contribution in [0.2, 0.25) is 0 Å². The molecule has 0 bridgehead atoms. The van der Waals surface area contributed by atoms with Crippen LogP contribution in [0.3, 0.4) is 0 Å². The van der Waals surface area contributed by atoms with E-state index in [1.807, 2.05) is 35.7 Å². The highest BCUT2D eigenvalue weighted by Crippen LogP contribution is 2.20. The molecule has 0 radical (unpaired) electrons. The summed E-state index contributed by atoms with van der Waals surface area (Å²) < 4.78 is 6.84. The van der Waals surface area contributed by atoms with Crippen LogP contribution in [0.1, 0.15) is 44.4 Å². The van der Waals surface area contributed by atoms with Gasteiger partial charge in [-0.2, -0.15) is 10.1 Å². The summed E-state index contributed by atoms with van der Waals surface area (Å²) in [5.41, 5.74) is 0. The molecule has 8 nitrogen and oxygen atoms in total. The Morgan fingerprint density at radius 1 is 1.50 bits per heavy atom. The molecule has 1 saturated heterocycles. The highest BCUT2D eigenvalue weighted by molar-refractivity contribution is 5.88. The van der Waals surface area contributed by atoms with Gasteiger partial charge in [-0.05, 0) is 32.6 Å². The van der Waals surface area contributed by atoms with Gasteiger partial charge in [0.05, 0.1) is 0 Å². The molecule has 8 heteroatoms. The normalized spacial score (nSPS) is 18.2. The van der Waals surface area contributed by atoms with Crippen molar-refractivity contribution < 1.29 is 9.32 Å². The van der Waals surface area contributed by atoms with Crippen LogP contribution < -0.4 is 5.32 Å². The van der Waals surface area contributed by atoms with Crippen molar-refractivity contribution in [1.29, 1.82) is 0 Å². The van der Waals surface area contributed by atoms with Gasteiger partial charge in [0.25, 0.3) is 0 Å². The predicted molar refractivity (Wildman–Crippen MR) is 88.7 cm³/mol. The van der Waals surface area contributed by atoms with Gasteiger partial charge in [0.1, 0.15) is 0 Å². The van der Waals surface area contributed by atoms with Crippen LogP contribution in [0, 0.1) is 12.8 Å². The Morgan fingerprint density at radius 2 is 2.33 bits per heavy atom. The first-order valence-electron chi connectivity index (χ1n) is 8.41. The van der Waals surface area contributed by atoms with Gasteiger partial charge in [0.15, 0.2) is 11.6 Å². The van der Waals surface area contributed by atoms with E-state index in [-0.39, 0.29) is 12.1 Å². The number of anilines is 1. The molecule has 1 atom stereocenters. The van der Waals surface area contributed by atoms with Crippen LogP contribution in [0.5, 0.6) is 0 Å². The number of nitrogens with zero attached hydrogens (tertiary/aromatic N) is 5. The number of aromatic nitrogens is 4. The largest absolute Gasteiger partial charge is 0.340 e. The zero-order valence-electron chi connectivity index (χ0n) is 14.4. The first-order valence-corrected chi connectivity index (χ1v) is 8.41. The number of piperidine rings is 1. The Labute approximate surface area is 141 Å². The standard InChI is InChI=1S/C16H24N6O2/c1-11(2)22-8-6-14(19-22)18-16(23)21-7-4-5-13(10-21)9-15-17-12(3)24-20-15/h6,8,11,13H,4-5,7,9-10H2,1-3H3,(H,18,19,23). The van der Waals surface area contributed by atoms with Crippen LogP contribution in [-0.2, 0) is 6.42 Å². The zero-order chi connectivity index (χ0) is 17.1. The molecule has 24 heavy (non-hydrogen) atoms. The number of hydrogen-bond donors (Lipinski definition) is 1. The summed E-state index contributed by atoms with van der Waals surface area (Å²) in [6.07, 6.45) is 4.66. The van der Waals surface area contributed by atoms with Crippen LogP contribution in [0.25, 0.3) is 0 Å². The molecule has 3 heterocycles. The highest BCUT2D eigenvalue weighted by atomic mass is 16.5. The summed E-state index contributed by atoms with van der Waals surface area (Å²) in [6, 6.07) is 1.99. The average molecular weight is 332 g/mol. The maximum absolute atomic E-state index is 12.5. The molecule has 0 saturated carbocycles. The van der Waals surface area contributed by atoms with E-state index >= 15 is 0 Å². The number of amides is 2. The Bertz CT molecular complexity index is 692. The number of nitrogens with one attached hydrogen (secondary N) is 1. The van der Waals surface area contributed by atoms with Gasteiger partial charge < -0.3 is 9.42 Å². The van der Waals surface area contributed by atoms with Crippen molar-refractivity contribution in [1.82, 2.24) is 24.8 Å². The fourth-order valence-electron chi connectivity index (χ4n) is 2.98. The topological polar surface area (TPSA) is 89.1 Å². The van der Waals surface area contributed by atoms with Crippen molar-refractivity contribution in [3.8, 4) is 0 Å². The summed E-state index contributed by atoms with van der Waals surface area (Å²) in [5, 5.41) is 11.2. The van der Waals surface area contributed by atoms with Crippen LogP contribution >= 0.6 is 0 Å². The number of urea groups is 1. The monoisotopic (exact) mass is 332 g/mol. The number of aryl methyl sites for hydroxylation is 1. The lowest BCUT2D eigenvalue weighted by molar-refractivity contribution is 0.176. The van der Waals surface area contributed by atoms with Crippen molar-refractivity contribution in [2.24, 2.45) is 5.92 Å². The Balaban J connectivity index is 1.56. The Kier molecular flexibility index (Phi) is 4.82. The molecule has 2 aromatic heterocycles. The minimum absolute atomic E-state index is 0.0991. The molecule has 3 rings (SSSR count). The van der Waals surface area contributed by atoms with Gasteiger partial charge in [-0.25, -0.2) is 4.79 Å². The molecule has 0 aliphatic carbocycles. The number of rotatable bonds is 4. The molecule has 0 aromatic carbocycles. The van der Waals surface area contributed by atoms with Crippen molar-refractivity contribution in [3.05, 3.63) is 24.0 Å². The van der Waals surface area contributed by atoms with Crippen LogP contribution in [0.4, 0.5) is 10.6 Å². The van der Waals surface area contributed by atoms with Crippen molar-refractivity contribution >= 4 is 11.8 Å². The highest BCUT2D eigenvalue weighted by Gasteiger charge is 2.25. The SMILES string of the molecule is Cc1nc(CC2CCCN(C(=O)Nc3ccn(C(C)C)n3)C2)no1. The van der Waals surface area contributed by atoms with Gasteiger partial charge in [0.2, 0.25) is 5.89 Å².